The number of benzene rings is 2. The molecule has 1 fully saturated rings. The van der Waals surface area contributed by atoms with Gasteiger partial charge in [-0.15, -0.1) is 0 Å². The molecule has 3 rings (SSSR count). The molecular weight excluding hydrogens is 435 g/mol. The van der Waals surface area contributed by atoms with Crippen molar-refractivity contribution in [3.63, 3.8) is 0 Å². The maximum Gasteiger partial charge on any atom is 0.259 e. The van der Waals surface area contributed by atoms with Gasteiger partial charge in [-0.2, -0.15) is 0 Å². The predicted molar refractivity (Wildman–Crippen MR) is 132 cm³/mol. The highest BCUT2D eigenvalue weighted by molar-refractivity contribution is 5.98. The number of hydrogen-bond donors (Lipinski definition) is 2. The van der Waals surface area contributed by atoms with Crippen molar-refractivity contribution in [2.45, 2.75) is 57.2 Å². The van der Waals surface area contributed by atoms with E-state index < -0.39 is 11.2 Å². The van der Waals surface area contributed by atoms with E-state index in [9.17, 15) is 14.3 Å². The summed E-state index contributed by atoms with van der Waals surface area (Å²) in [6, 6.07) is 13.8. The van der Waals surface area contributed by atoms with Gasteiger partial charge in [0.25, 0.3) is 5.91 Å². The second-order valence-corrected chi connectivity index (χ2v) is 9.17. The van der Waals surface area contributed by atoms with E-state index in [1.165, 1.54) is 19.2 Å². The number of aliphatic hydroxyl groups is 1. The first kappa shape index (κ1) is 26.1. The zero-order valence-electron chi connectivity index (χ0n) is 20.5. The van der Waals surface area contributed by atoms with E-state index in [2.05, 4.69) is 17.1 Å². The highest BCUT2D eigenvalue weighted by atomic mass is 19.1. The number of hydrogen-bond acceptors (Lipinski definition) is 5. The first-order chi connectivity index (χ1) is 16.3. The fourth-order valence-electron chi connectivity index (χ4n) is 4.28. The Balaban J connectivity index is 1.55. The number of unbranched alkanes of at least 4 members (excludes halogenated alkanes) is 1. The van der Waals surface area contributed by atoms with E-state index >= 15 is 0 Å². The molecule has 1 saturated heterocycles. The molecule has 1 atom stereocenters. The van der Waals surface area contributed by atoms with Crippen molar-refractivity contribution in [2.75, 3.05) is 38.7 Å². The molecule has 0 saturated carbocycles. The number of piperidine rings is 1. The Bertz CT molecular complexity index is 911. The Kier molecular flexibility index (Phi) is 9.05. The molecular formula is C27H37FN2O4. The van der Waals surface area contributed by atoms with E-state index in [-0.39, 0.29) is 11.7 Å². The van der Waals surface area contributed by atoms with Crippen LogP contribution >= 0.6 is 0 Å². The number of methoxy groups -OCH3 is 1. The Morgan fingerprint density at radius 3 is 2.38 bits per heavy atom. The Morgan fingerprint density at radius 1 is 1.15 bits per heavy atom. The summed E-state index contributed by atoms with van der Waals surface area (Å²) in [7, 11) is 1.46. The van der Waals surface area contributed by atoms with Gasteiger partial charge in [0.05, 0.1) is 6.61 Å². The van der Waals surface area contributed by atoms with Crippen LogP contribution in [0.5, 0.6) is 5.75 Å². The second-order valence-electron chi connectivity index (χ2n) is 9.17. The molecule has 0 aromatic heterocycles. The van der Waals surface area contributed by atoms with Gasteiger partial charge in [0.2, 0.25) is 0 Å². The molecule has 6 nitrogen and oxygen atoms in total. The number of anilines is 1. The maximum absolute atomic E-state index is 13.2. The minimum atomic E-state index is -1.40. The molecule has 0 spiro atoms. The topological polar surface area (TPSA) is 71.0 Å². The lowest BCUT2D eigenvalue weighted by molar-refractivity contribution is -0.187. The monoisotopic (exact) mass is 472 g/mol. The number of nitrogens with one attached hydrogen (secondary N) is 1. The summed E-state index contributed by atoms with van der Waals surface area (Å²) in [6.45, 7) is 6.53. The van der Waals surface area contributed by atoms with Crippen LogP contribution < -0.4 is 10.1 Å². The molecule has 186 valence electrons. The van der Waals surface area contributed by atoms with Crippen LogP contribution in [0.25, 0.3) is 0 Å². The van der Waals surface area contributed by atoms with E-state index in [4.69, 9.17) is 9.47 Å². The molecule has 1 amide bonds. The molecule has 0 aliphatic carbocycles. The third kappa shape index (κ3) is 6.34. The van der Waals surface area contributed by atoms with E-state index in [0.29, 0.717) is 38.2 Å². The zero-order valence-corrected chi connectivity index (χ0v) is 20.5. The average Bonchev–Trinajstić information content (AvgIpc) is 2.85. The van der Waals surface area contributed by atoms with Crippen molar-refractivity contribution in [1.82, 2.24) is 4.90 Å². The van der Waals surface area contributed by atoms with Crippen LogP contribution in [0.15, 0.2) is 48.5 Å². The SMILES string of the molecule is CCCCOc1ccc(NC(=O)C(C)(OC)C2(O)CCN(CCc3ccc(F)cc3)CC2)cc1. The summed E-state index contributed by atoms with van der Waals surface area (Å²) in [5.74, 6) is 0.143. The molecule has 7 heteroatoms. The van der Waals surface area contributed by atoms with Crippen LogP contribution in [0, 0.1) is 5.82 Å². The predicted octanol–water partition coefficient (Wildman–Crippen LogP) is 4.42. The summed E-state index contributed by atoms with van der Waals surface area (Å²) in [6.07, 6.45) is 3.70. The van der Waals surface area contributed by atoms with Crippen molar-refractivity contribution in [2.24, 2.45) is 0 Å². The highest BCUT2D eigenvalue weighted by Gasteiger charge is 2.54. The molecule has 0 bridgehead atoms. The van der Waals surface area contributed by atoms with E-state index in [1.807, 2.05) is 12.1 Å². The van der Waals surface area contributed by atoms with Crippen molar-refractivity contribution in [3.05, 3.63) is 59.9 Å². The summed E-state index contributed by atoms with van der Waals surface area (Å²) >= 11 is 0. The molecule has 1 aliphatic rings. The van der Waals surface area contributed by atoms with Crippen molar-refractivity contribution in [1.29, 1.82) is 0 Å². The Morgan fingerprint density at radius 2 is 1.79 bits per heavy atom. The fraction of sp³-hybridized carbons (Fsp3) is 0.519. The van der Waals surface area contributed by atoms with Crippen LogP contribution in [-0.4, -0.2) is 60.5 Å². The first-order valence-corrected chi connectivity index (χ1v) is 12.1. The molecule has 2 aromatic rings. The lowest BCUT2D eigenvalue weighted by Crippen LogP contribution is -2.64. The number of ether oxygens (including phenoxy) is 2. The number of carbonyl (C=O) groups excluding carboxylic acids is 1. The second kappa shape index (κ2) is 11.8. The Hall–Kier alpha value is -2.48. The maximum atomic E-state index is 13.2. The van der Waals surface area contributed by atoms with Gasteiger partial charge in [-0.3, -0.25) is 4.79 Å². The lowest BCUT2D eigenvalue weighted by Gasteiger charge is -2.47. The third-order valence-corrected chi connectivity index (χ3v) is 6.92. The molecule has 2 N–H and O–H groups in total. The smallest absolute Gasteiger partial charge is 0.259 e. The van der Waals surface area contributed by atoms with Crippen LogP contribution in [0.4, 0.5) is 10.1 Å². The Labute approximate surface area is 202 Å². The summed E-state index contributed by atoms with van der Waals surface area (Å²) in [5.41, 5.74) is -0.991. The standard InChI is InChI=1S/C27H37FN2O4/c1-4-5-20-34-24-12-10-23(11-13-24)29-25(31)26(2,33-3)27(32)15-18-30(19-16-27)17-14-21-6-8-22(28)9-7-21/h6-13,32H,4-5,14-20H2,1-3H3,(H,29,31). The van der Waals surface area contributed by atoms with E-state index in [1.54, 1.807) is 31.2 Å². The minimum absolute atomic E-state index is 0.236. The van der Waals surface area contributed by atoms with Gasteiger partial charge in [-0.25, -0.2) is 4.39 Å². The van der Waals surface area contributed by atoms with Crippen LogP contribution in [-0.2, 0) is 16.0 Å². The van der Waals surface area contributed by atoms with Crippen molar-refractivity contribution in [3.8, 4) is 5.75 Å². The van der Waals surface area contributed by atoms with Gasteiger partial charge in [0, 0.05) is 32.4 Å². The summed E-state index contributed by atoms with van der Waals surface area (Å²) in [4.78, 5) is 15.5. The first-order valence-electron chi connectivity index (χ1n) is 12.1. The molecule has 2 aromatic carbocycles. The van der Waals surface area contributed by atoms with Gasteiger partial charge in [-0.1, -0.05) is 25.5 Å². The molecule has 1 unspecified atom stereocenters. The molecule has 1 heterocycles. The van der Waals surface area contributed by atoms with Gasteiger partial charge in [0.15, 0.2) is 5.60 Å². The van der Waals surface area contributed by atoms with Crippen molar-refractivity contribution >= 4 is 11.6 Å². The van der Waals surface area contributed by atoms with Gasteiger partial charge in [-0.05, 0) is 74.6 Å². The van der Waals surface area contributed by atoms with Crippen LogP contribution in [0.3, 0.4) is 0 Å². The highest BCUT2D eigenvalue weighted by Crippen LogP contribution is 2.36. The number of halogens is 1. The van der Waals surface area contributed by atoms with Gasteiger partial charge >= 0.3 is 0 Å². The minimum Gasteiger partial charge on any atom is -0.494 e. The molecule has 0 radical (unpaired) electrons. The summed E-state index contributed by atoms with van der Waals surface area (Å²) < 4.78 is 24.4. The van der Waals surface area contributed by atoms with Gasteiger partial charge < -0.3 is 24.8 Å². The number of likely N-dealkylation sites (tertiary alicyclic amines) is 1. The number of carbonyl (C=O) groups is 1. The number of amides is 1. The fourth-order valence-corrected chi connectivity index (χ4v) is 4.28. The van der Waals surface area contributed by atoms with Crippen LogP contribution in [0.1, 0.15) is 45.1 Å². The normalized spacial score (nSPS) is 17.7. The molecule has 1 aliphatic heterocycles. The number of rotatable bonds is 11. The van der Waals surface area contributed by atoms with E-state index in [0.717, 1.165) is 37.1 Å². The quantitative estimate of drug-likeness (QED) is 0.474. The third-order valence-electron chi connectivity index (χ3n) is 6.92. The average molecular weight is 473 g/mol. The lowest BCUT2D eigenvalue weighted by atomic mass is 9.76. The van der Waals surface area contributed by atoms with Crippen LogP contribution in [0.2, 0.25) is 0 Å². The zero-order chi connectivity index (χ0) is 24.6. The summed E-state index contributed by atoms with van der Waals surface area (Å²) in [5, 5.41) is 14.4. The largest absolute Gasteiger partial charge is 0.494 e. The van der Waals surface area contributed by atoms with Gasteiger partial charge in [0.1, 0.15) is 17.2 Å². The number of nitrogens with zero attached hydrogens (tertiary/aromatic N) is 1. The van der Waals surface area contributed by atoms with Crippen molar-refractivity contribution < 1.29 is 23.8 Å². The molecule has 34 heavy (non-hydrogen) atoms.